The van der Waals surface area contributed by atoms with Gasteiger partial charge < -0.3 is 14.9 Å². The molecule has 0 saturated carbocycles. The van der Waals surface area contributed by atoms with E-state index in [1.165, 1.54) is 11.3 Å². The number of phenols is 2. The maximum absolute atomic E-state index is 9.74. The number of benzene rings is 2. The third kappa shape index (κ3) is 2.48. The molecule has 0 saturated heterocycles. The van der Waals surface area contributed by atoms with Gasteiger partial charge in [0.15, 0.2) is 0 Å². The molecule has 4 heteroatoms. The van der Waals surface area contributed by atoms with Crippen LogP contribution in [0.15, 0.2) is 48.5 Å². The van der Waals surface area contributed by atoms with Gasteiger partial charge >= 0.3 is 0 Å². The van der Waals surface area contributed by atoms with Crippen molar-refractivity contribution in [1.29, 1.82) is 0 Å². The minimum Gasteiger partial charge on any atom is -0.508 e. The van der Waals surface area contributed by atoms with Crippen molar-refractivity contribution in [2.45, 2.75) is 6.61 Å². The lowest BCUT2D eigenvalue weighted by molar-refractivity contribution is 0.308. The second-order valence-electron chi connectivity index (χ2n) is 4.19. The number of phenolic OH excluding ortho intramolecular Hbond substituents is 2. The number of hydrogen-bond donors (Lipinski definition) is 2. The van der Waals surface area contributed by atoms with Crippen molar-refractivity contribution in [2.75, 3.05) is 0 Å². The Hall–Kier alpha value is -2.20. The number of rotatable bonds is 3. The van der Waals surface area contributed by atoms with Crippen LogP contribution < -0.4 is 4.74 Å². The summed E-state index contributed by atoms with van der Waals surface area (Å²) in [6.45, 7) is 0.419. The van der Waals surface area contributed by atoms with E-state index in [9.17, 15) is 10.2 Å². The summed E-state index contributed by atoms with van der Waals surface area (Å²) >= 11 is 1.51. The van der Waals surface area contributed by atoms with Crippen LogP contribution >= 0.6 is 11.3 Å². The fourth-order valence-electron chi connectivity index (χ4n) is 1.90. The standard InChI is InChI=1S/C15H12O3S/c16-11-4-2-5-12(8-11)18-9-13-7-10-3-1-6-14(17)15(10)19-13/h1-8,16-17H,9H2. The maximum Gasteiger partial charge on any atom is 0.133 e. The Bertz CT molecular complexity index is 718. The molecule has 0 bridgehead atoms. The van der Waals surface area contributed by atoms with Gasteiger partial charge in [-0.3, -0.25) is 0 Å². The highest BCUT2D eigenvalue weighted by Gasteiger charge is 2.06. The van der Waals surface area contributed by atoms with Crippen molar-refractivity contribution >= 4 is 21.4 Å². The fraction of sp³-hybridized carbons (Fsp3) is 0.0667. The van der Waals surface area contributed by atoms with E-state index in [-0.39, 0.29) is 5.75 Å². The molecule has 0 fully saturated rings. The van der Waals surface area contributed by atoms with E-state index in [0.717, 1.165) is 15.0 Å². The quantitative estimate of drug-likeness (QED) is 0.760. The second-order valence-corrected chi connectivity index (χ2v) is 5.33. The van der Waals surface area contributed by atoms with Crippen molar-refractivity contribution in [3.8, 4) is 17.2 Å². The molecule has 0 spiro atoms. The first-order chi connectivity index (χ1) is 9.22. The molecule has 0 unspecified atom stereocenters. The predicted molar refractivity (Wildman–Crippen MR) is 75.9 cm³/mol. The molecule has 0 aliphatic rings. The summed E-state index contributed by atoms with van der Waals surface area (Å²) in [7, 11) is 0. The minimum absolute atomic E-state index is 0.187. The van der Waals surface area contributed by atoms with Crippen LogP contribution in [0.4, 0.5) is 0 Å². The summed E-state index contributed by atoms with van der Waals surface area (Å²) in [5.41, 5.74) is 0. The highest BCUT2D eigenvalue weighted by molar-refractivity contribution is 7.19. The molecule has 0 atom stereocenters. The van der Waals surface area contributed by atoms with Crippen LogP contribution in [0.25, 0.3) is 10.1 Å². The molecule has 96 valence electrons. The van der Waals surface area contributed by atoms with Gasteiger partial charge in [0, 0.05) is 10.9 Å². The topological polar surface area (TPSA) is 49.7 Å². The lowest BCUT2D eigenvalue weighted by Crippen LogP contribution is -1.91. The molecule has 3 nitrogen and oxygen atoms in total. The summed E-state index contributed by atoms with van der Waals surface area (Å²) in [6, 6.07) is 14.2. The number of hydrogen-bond acceptors (Lipinski definition) is 4. The number of thiophene rings is 1. The van der Waals surface area contributed by atoms with Crippen LogP contribution in [-0.4, -0.2) is 10.2 Å². The third-order valence-corrected chi connectivity index (χ3v) is 3.92. The summed E-state index contributed by atoms with van der Waals surface area (Å²) in [5, 5.41) is 20.1. The molecule has 0 aliphatic heterocycles. The molecule has 1 heterocycles. The van der Waals surface area contributed by atoms with Gasteiger partial charge in [0.2, 0.25) is 0 Å². The lowest BCUT2D eigenvalue weighted by Gasteiger charge is -2.04. The summed E-state index contributed by atoms with van der Waals surface area (Å²) in [5.74, 6) is 1.11. The van der Waals surface area contributed by atoms with Gasteiger partial charge in [-0.1, -0.05) is 18.2 Å². The smallest absolute Gasteiger partial charge is 0.133 e. The highest BCUT2D eigenvalue weighted by atomic mass is 32.1. The zero-order valence-corrected chi connectivity index (χ0v) is 10.9. The Balaban J connectivity index is 1.80. The Kier molecular flexibility index (Phi) is 3.01. The van der Waals surface area contributed by atoms with E-state index in [1.807, 2.05) is 18.2 Å². The molecule has 0 aliphatic carbocycles. The van der Waals surface area contributed by atoms with E-state index in [0.29, 0.717) is 18.1 Å². The molecule has 0 amide bonds. The number of fused-ring (bicyclic) bond motifs is 1. The normalized spacial score (nSPS) is 10.7. The number of aromatic hydroxyl groups is 2. The average Bonchev–Trinajstić information content (AvgIpc) is 2.81. The van der Waals surface area contributed by atoms with Crippen molar-refractivity contribution in [2.24, 2.45) is 0 Å². The molecule has 0 radical (unpaired) electrons. The molecule has 3 aromatic rings. The zero-order chi connectivity index (χ0) is 13.2. The van der Waals surface area contributed by atoms with Crippen molar-refractivity contribution in [1.82, 2.24) is 0 Å². The van der Waals surface area contributed by atoms with Crippen LogP contribution in [-0.2, 0) is 6.61 Å². The van der Waals surface area contributed by atoms with E-state index in [2.05, 4.69) is 0 Å². The van der Waals surface area contributed by atoms with Crippen LogP contribution in [0.3, 0.4) is 0 Å². The van der Waals surface area contributed by atoms with Gasteiger partial charge in [-0.15, -0.1) is 11.3 Å². The van der Waals surface area contributed by atoms with Crippen molar-refractivity contribution in [3.63, 3.8) is 0 Å². The lowest BCUT2D eigenvalue weighted by atomic mass is 10.2. The first-order valence-electron chi connectivity index (χ1n) is 5.84. The molecule has 2 N–H and O–H groups in total. The summed E-state index contributed by atoms with van der Waals surface area (Å²) in [6.07, 6.45) is 0. The van der Waals surface area contributed by atoms with Gasteiger partial charge in [0.05, 0.1) is 4.70 Å². The second kappa shape index (κ2) is 4.82. The molecular formula is C15H12O3S. The monoisotopic (exact) mass is 272 g/mol. The Morgan fingerprint density at radius 1 is 1.00 bits per heavy atom. The van der Waals surface area contributed by atoms with Crippen molar-refractivity contribution < 1.29 is 14.9 Å². The minimum atomic E-state index is 0.187. The summed E-state index contributed by atoms with van der Waals surface area (Å²) < 4.78 is 6.48. The summed E-state index contributed by atoms with van der Waals surface area (Å²) in [4.78, 5) is 1.03. The van der Waals surface area contributed by atoms with Crippen LogP contribution in [0.5, 0.6) is 17.2 Å². The van der Waals surface area contributed by atoms with E-state index in [4.69, 9.17) is 4.74 Å². The SMILES string of the molecule is Oc1cccc(OCc2cc3cccc(O)c3s2)c1. The van der Waals surface area contributed by atoms with Crippen molar-refractivity contribution in [3.05, 3.63) is 53.4 Å². The van der Waals surface area contributed by atoms with Gasteiger partial charge in [0.25, 0.3) is 0 Å². The average molecular weight is 272 g/mol. The molecular weight excluding hydrogens is 260 g/mol. The van der Waals surface area contributed by atoms with Gasteiger partial charge in [0.1, 0.15) is 23.9 Å². The Morgan fingerprint density at radius 3 is 2.63 bits per heavy atom. The van der Waals surface area contributed by atoms with Crippen LogP contribution in [0, 0.1) is 0 Å². The first-order valence-corrected chi connectivity index (χ1v) is 6.66. The largest absolute Gasteiger partial charge is 0.508 e. The number of ether oxygens (including phenoxy) is 1. The third-order valence-electron chi connectivity index (χ3n) is 2.77. The van der Waals surface area contributed by atoms with Crippen LogP contribution in [0.2, 0.25) is 0 Å². The maximum atomic E-state index is 9.74. The Labute approximate surface area is 114 Å². The fourth-order valence-corrected chi connectivity index (χ4v) is 2.88. The Morgan fingerprint density at radius 2 is 1.84 bits per heavy atom. The van der Waals surface area contributed by atoms with Gasteiger partial charge in [-0.2, -0.15) is 0 Å². The van der Waals surface area contributed by atoms with E-state index < -0.39 is 0 Å². The molecule has 2 aromatic carbocycles. The van der Waals surface area contributed by atoms with E-state index in [1.54, 1.807) is 30.3 Å². The molecule has 19 heavy (non-hydrogen) atoms. The highest BCUT2D eigenvalue weighted by Crippen LogP contribution is 2.33. The van der Waals surface area contributed by atoms with Gasteiger partial charge in [-0.05, 0) is 29.7 Å². The molecule has 3 rings (SSSR count). The van der Waals surface area contributed by atoms with Gasteiger partial charge in [-0.25, -0.2) is 0 Å². The first kappa shape index (κ1) is 11.9. The zero-order valence-electron chi connectivity index (χ0n) is 10.0. The van der Waals surface area contributed by atoms with Crippen LogP contribution in [0.1, 0.15) is 4.88 Å². The predicted octanol–water partition coefficient (Wildman–Crippen LogP) is 3.89. The van der Waals surface area contributed by atoms with E-state index >= 15 is 0 Å². The molecule has 1 aromatic heterocycles.